The van der Waals surface area contributed by atoms with E-state index >= 15 is 0 Å². The molecule has 1 atom stereocenters. The number of hydrogen-bond donors (Lipinski definition) is 2. The summed E-state index contributed by atoms with van der Waals surface area (Å²) in [6, 6.07) is 12.4. The van der Waals surface area contributed by atoms with Gasteiger partial charge in [-0.2, -0.15) is 5.26 Å². The van der Waals surface area contributed by atoms with E-state index in [-0.39, 0.29) is 37.3 Å². The topological polar surface area (TPSA) is 102 Å². The standard InChI is InChI=1S/C22H22F2N4O3/c1-26-22(31)21(15-8-9-17(23)18(24)14-15)27-19(29)10-11-20(30)28(13-5-12-25)16-6-3-2-4-7-16/h2-4,6-9,14,21H,5,10-11,13H2,1H3,(H,26,31)(H,27,29). The monoisotopic (exact) mass is 428 g/mol. The Morgan fingerprint density at radius 3 is 2.39 bits per heavy atom. The van der Waals surface area contributed by atoms with Gasteiger partial charge in [-0.05, 0) is 29.8 Å². The van der Waals surface area contributed by atoms with Gasteiger partial charge in [0.25, 0.3) is 0 Å². The first kappa shape index (κ1) is 23.5. The smallest absolute Gasteiger partial charge is 0.246 e. The van der Waals surface area contributed by atoms with E-state index in [1.54, 1.807) is 30.3 Å². The number of rotatable bonds is 9. The van der Waals surface area contributed by atoms with E-state index in [0.717, 1.165) is 12.1 Å². The van der Waals surface area contributed by atoms with Crippen LogP contribution in [0.15, 0.2) is 48.5 Å². The van der Waals surface area contributed by atoms with Gasteiger partial charge >= 0.3 is 0 Å². The summed E-state index contributed by atoms with van der Waals surface area (Å²) in [7, 11) is 1.35. The summed E-state index contributed by atoms with van der Waals surface area (Å²) in [6.45, 7) is 0.177. The van der Waals surface area contributed by atoms with Gasteiger partial charge in [0.05, 0.1) is 12.5 Å². The first-order valence-corrected chi connectivity index (χ1v) is 9.55. The minimum atomic E-state index is -1.24. The number of likely N-dealkylation sites (N-methyl/N-ethyl adjacent to an activating group) is 1. The Hall–Kier alpha value is -3.80. The number of carbonyl (C=O) groups excluding carboxylic acids is 3. The van der Waals surface area contributed by atoms with Gasteiger partial charge in [-0.1, -0.05) is 24.3 Å². The van der Waals surface area contributed by atoms with Crippen LogP contribution in [-0.4, -0.2) is 31.3 Å². The van der Waals surface area contributed by atoms with Crippen molar-refractivity contribution in [2.24, 2.45) is 0 Å². The van der Waals surface area contributed by atoms with Crippen LogP contribution in [0.25, 0.3) is 0 Å². The number of hydrogen-bond acceptors (Lipinski definition) is 4. The minimum absolute atomic E-state index is 0.0675. The third kappa shape index (κ3) is 6.60. The predicted molar refractivity (Wildman–Crippen MR) is 110 cm³/mol. The summed E-state index contributed by atoms with van der Waals surface area (Å²) in [4.78, 5) is 38.6. The number of halogens is 2. The summed E-state index contributed by atoms with van der Waals surface area (Å²) in [5.41, 5.74) is 0.672. The molecule has 0 aromatic heterocycles. The normalized spacial score (nSPS) is 11.2. The zero-order chi connectivity index (χ0) is 22.8. The van der Waals surface area contributed by atoms with Crippen molar-refractivity contribution in [3.8, 4) is 6.07 Å². The van der Waals surface area contributed by atoms with Crippen LogP contribution in [0.4, 0.5) is 14.5 Å². The number of anilines is 1. The SMILES string of the molecule is CNC(=O)C(NC(=O)CCC(=O)N(CCC#N)c1ccccc1)c1ccc(F)c(F)c1. The first-order chi connectivity index (χ1) is 14.9. The van der Waals surface area contributed by atoms with Crippen LogP contribution < -0.4 is 15.5 Å². The number of benzene rings is 2. The molecule has 2 rings (SSSR count). The van der Waals surface area contributed by atoms with E-state index in [0.29, 0.717) is 5.69 Å². The van der Waals surface area contributed by atoms with Gasteiger partial charge in [-0.3, -0.25) is 14.4 Å². The largest absolute Gasteiger partial charge is 0.357 e. The second-order valence-corrected chi connectivity index (χ2v) is 6.58. The predicted octanol–water partition coefficient (Wildman–Crippen LogP) is 2.60. The van der Waals surface area contributed by atoms with Crippen LogP contribution in [0.1, 0.15) is 30.9 Å². The van der Waals surface area contributed by atoms with Crippen molar-refractivity contribution in [3.63, 3.8) is 0 Å². The van der Waals surface area contributed by atoms with Crippen molar-refractivity contribution in [3.05, 3.63) is 65.7 Å². The average Bonchev–Trinajstić information content (AvgIpc) is 2.78. The Balaban J connectivity index is 2.06. The van der Waals surface area contributed by atoms with Crippen molar-refractivity contribution in [1.82, 2.24) is 10.6 Å². The second-order valence-electron chi connectivity index (χ2n) is 6.58. The Morgan fingerprint density at radius 2 is 1.77 bits per heavy atom. The molecule has 162 valence electrons. The van der Waals surface area contributed by atoms with Crippen molar-refractivity contribution >= 4 is 23.4 Å². The van der Waals surface area contributed by atoms with Gasteiger partial charge in [0, 0.05) is 32.1 Å². The molecule has 0 aliphatic heterocycles. The highest BCUT2D eigenvalue weighted by atomic mass is 19.2. The van der Waals surface area contributed by atoms with E-state index in [2.05, 4.69) is 10.6 Å². The zero-order valence-corrected chi connectivity index (χ0v) is 16.9. The average molecular weight is 428 g/mol. The number of amides is 3. The maximum absolute atomic E-state index is 13.6. The highest BCUT2D eigenvalue weighted by Gasteiger charge is 2.24. The number of nitriles is 1. The molecule has 2 aromatic carbocycles. The van der Waals surface area contributed by atoms with E-state index in [4.69, 9.17) is 5.26 Å². The fraction of sp³-hybridized carbons (Fsp3) is 0.273. The lowest BCUT2D eigenvalue weighted by molar-refractivity contribution is -0.129. The number of nitrogens with one attached hydrogen (secondary N) is 2. The Kier molecular flexibility index (Phi) is 8.64. The van der Waals surface area contributed by atoms with E-state index in [1.165, 1.54) is 18.0 Å². The molecule has 0 heterocycles. The quantitative estimate of drug-likeness (QED) is 0.641. The highest BCUT2D eigenvalue weighted by Crippen LogP contribution is 2.18. The lowest BCUT2D eigenvalue weighted by atomic mass is 10.1. The molecule has 0 radical (unpaired) electrons. The van der Waals surface area contributed by atoms with Gasteiger partial charge < -0.3 is 15.5 Å². The van der Waals surface area contributed by atoms with Gasteiger partial charge in [0.15, 0.2) is 11.6 Å². The van der Waals surface area contributed by atoms with Crippen molar-refractivity contribution in [2.45, 2.75) is 25.3 Å². The molecule has 3 amide bonds. The van der Waals surface area contributed by atoms with Crippen LogP contribution in [0.2, 0.25) is 0 Å². The fourth-order valence-electron chi connectivity index (χ4n) is 2.89. The van der Waals surface area contributed by atoms with Gasteiger partial charge in [-0.25, -0.2) is 8.78 Å². The van der Waals surface area contributed by atoms with Crippen LogP contribution in [0, 0.1) is 23.0 Å². The molecule has 0 aliphatic carbocycles. The second kappa shape index (κ2) is 11.4. The van der Waals surface area contributed by atoms with Crippen LogP contribution in [0.5, 0.6) is 0 Å². The van der Waals surface area contributed by atoms with E-state index in [1.807, 2.05) is 6.07 Å². The highest BCUT2D eigenvalue weighted by molar-refractivity contribution is 5.96. The molecule has 0 bridgehead atoms. The summed E-state index contributed by atoms with van der Waals surface area (Å²) >= 11 is 0. The van der Waals surface area contributed by atoms with Crippen LogP contribution >= 0.6 is 0 Å². The number of nitrogens with zero attached hydrogens (tertiary/aromatic N) is 2. The van der Waals surface area contributed by atoms with Crippen LogP contribution in [-0.2, 0) is 14.4 Å². The third-order valence-corrected chi connectivity index (χ3v) is 4.47. The third-order valence-electron chi connectivity index (χ3n) is 4.47. The Labute approximate surface area is 178 Å². The fourth-order valence-corrected chi connectivity index (χ4v) is 2.89. The molecule has 7 nitrogen and oxygen atoms in total. The molecule has 2 aromatic rings. The minimum Gasteiger partial charge on any atom is -0.357 e. The molecule has 1 unspecified atom stereocenters. The van der Waals surface area contributed by atoms with Crippen molar-refractivity contribution < 1.29 is 23.2 Å². The summed E-state index contributed by atoms with van der Waals surface area (Å²) in [5, 5.41) is 13.6. The van der Waals surface area contributed by atoms with Gasteiger partial charge in [-0.15, -0.1) is 0 Å². The molecular formula is C22H22F2N4O3. The lowest BCUT2D eigenvalue weighted by Gasteiger charge is -2.22. The van der Waals surface area contributed by atoms with Gasteiger partial charge in [0.2, 0.25) is 17.7 Å². The van der Waals surface area contributed by atoms with Crippen molar-refractivity contribution in [2.75, 3.05) is 18.5 Å². The molecule has 0 aliphatic rings. The first-order valence-electron chi connectivity index (χ1n) is 9.55. The van der Waals surface area contributed by atoms with E-state index in [9.17, 15) is 23.2 Å². The Bertz CT molecular complexity index is 976. The molecule has 0 spiro atoms. The molecular weight excluding hydrogens is 406 g/mol. The molecule has 0 fully saturated rings. The molecule has 9 heteroatoms. The summed E-state index contributed by atoms with van der Waals surface area (Å²) in [5.74, 6) is -3.81. The maximum atomic E-state index is 13.6. The Morgan fingerprint density at radius 1 is 1.06 bits per heavy atom. The van der Waals surface area contributed by atoms with Crippen molar-refractivity contribution in [1.29, 1.82) is 5.26 Å². The molecule has 31 heavy (non-hydrogen) atoms. The zero-order valence-electron chi connectivity index (χ0n) is 16.9. The number of para-hydroxylation sites is 1. The van der Waals surface area contributed by atoms with E-state index < -0.39 is 29.5 Å². The number of carbonyl (C=O) groups is 3. The lowest BCUT2D eigenvalue weighted by Crippen LogP contribution is -2.40. The maximum Gasteiger partial charge on any atom is 0.246 e. The van der Waals surface area contributed by atoms with Crippen LogP contribution in [0.3, 0.4) is 0 Å². The molecule has 2 N–H and O–H groups in total. The summed E-state index contributed by atoms with van der Waals surface area (Å²) < 4.78 is 26.8. The molecule has 0 saturated carbocycles. The summed E-state index contributed by atoms with van der Waals surface area (Å²) in [6.07, 6.45) is -0.266. The molecule has 0 saturated heterocycles. The van der Waals surface area contributed by atoms with Gasteiger partial charge in [0.1, 0.15) is 6.04 Å².